The van der Waals surface area contributed by atoms with Crippen LogP contribution in [-0.2, 0) is 6.54 Å². The standard InChI is InChI=1S/C18H23N3O/c1-13-8-9-16(14(2)11-13)12-20-18(22)21(4)15(3)17-7-5-6-10-19-17/h5-11,15H,12H2,1-4H3,(H,20,22). The van der Waals surface area contributed by atoms with Crippen molar-refractivity contribution in [2.24, 2.45) is 0 Å². The summed E-state index contributed by atoms with van der Waals surface area (Å²) in [6.07, 6.45) is 1.74. The van der Waals surface area contributed by atoms with Crippen LogP contribution in [0.3, 0.4) is 0 Å². The molecule has 1 aromatic carbocycles. The lowest BCUT2D eigenvalue weighted by Crippen LogP contribution is -2.38. The van der Waals surface area contributed by atoms with Gasteiger partial charge in [-0.2, -0.15) is 0 Å². The average Bonchev–Trinajstić information content (AvgIpc) is 2.53. The number of hydrogen-bond acceptors (Lipinski definition) is 2. The van der Waals surface area contributed by atoms with E-state index >= 15 is 0 Å². The molecule has 2 rings (SSSR count). The summed E-state index contributed by atoms with van der Waals surface area (Å²) in [4.78, 5) is 18.3. The Bertz CT molecular complexity index is 640. The van der Waals surface area contributed by atoms with Gasteiger partial charge in [-0.25, -0.2) is 4.79 Å². The van der Waals surface area contributed by atoms with E-state index in [1.165, 1.54) is 11.1 Å². The summed E-state index contributed by atoms with van der Waals surface area (Å²) in [7, 11) is 1.79. The minimum absolute atomic E-state index is 0.0692. The Morgan fingerprint density at radius 3 is 2.68 bits per heavy atom. The number of aromatic nitrogens is 1. The maximum Gasteiger partial charge on any atom is 0.317 e. The Balaban J connectivity index is 1.97. The predicted octanol–water partition coefficient (Wildman–Crippen LogP) is 3.60. The second-order valence-electron chi connectivity index (χ2n) is 5.63. The molecule has 22 heavy (non-hydrogen) atoms. The number of nitrogens with zero attached hydrogens (tertiary/aromatic N) is 2. The van der Waals surface area contributed by atoms with Gasteiger partial charge in [0.15, 0.2) is 0 Å². The highest BCUT2D eigenvalue weighted by Crippen LogP contribution is 2.16. The molecule has 1 N–H and O–H groups in total. The van der Waals surface area contributed by atoms with Crippen LogP contribution < -0.4 is 5.32 Å². The summed E-state index contributed by atoms with van der Waals surface area (Å²) >= 11 is 0. The fourth-order valence-corrected chi connectivity index (χ4v) is 2.34. The van der Waals surface area contributed by atoms with Crippen molar-refractivity contribution in [1.29, 1.82) is 0 Å². The van der Waals surface area contributed by atoms with E-state index in [0.717, 1.165) is 11.3 Å². The molecule has 0 spiro atoms. The molecule has 0 bridgehead atoms. The molecule has 1 unspecified atom stereocenters. The molecule has 0 aliphatic carbocycles. The van der Waals surface area contributed by atoms with Crippen LogP contribution in [0.1, 0.15) is 35.3 Å². The second kappa shape index (κ2) is 7.07. The number of carbonyl (C=O) groups is 1. The Hall–Kier alpha value is -2.36. The number of carbonyl (C=O) groups excluding carboxylic acids is 1. The minimum atomic E-state index is -0.0990. The maximum atomic E-state index is 12.3. The number of rotatable bonds is 4. The lowest BCUT2D eigenvalue weighted by molar-refractivity contribution is 0.193. The third kappa shape index (κ3) is 3.85. The van der Waals surface area contributed by atoms with Crippen LogP contribution in [0.5, 0.6) is 0 Å². The quantitative estimate of drug-likeness (QED) is 0.937. The van der Waals surface area contributed by atoms with E-state index in [0.29, 0.717) is 6.54 Å². The van der Waals surface area contributed by atoms with E-state index < -0.39 is 0 Å². The van der Waals surface area contributed by atoms with Gasteiger partial charge in [-0.3, -0.25) is 4.98 Å². The van der Waals surface area contributed by atoms with Crippen LogP contribution in [0.15, 0.2) is 42.6 Å². The number of benzene rings is 1. The highest BCUT2D eigenvalue weighted by atomic mass is 16.2. The molecule has 0 fully saturated rings. The fourth-order valence-electron chi connectivity index (χ4n) is 2.34. The van der Waals surface area contributed by atoms with E-state index in [9.17, 15) is 4.79 Å². The summed E-state index contributed by atoms with van der Waals surface area (Å²) in [5, 5.41) is 2.97. The van der Waals surface area contributed by atoms with Crippen molar-refractivity contribution in [3.05, 3.63) is 65.0 Å². The van der Waals surface area contributed by atoms with E-state index in [-0.39, 0.29) is 12.1 Å². The first-order valence-corrected chi connectivity index (χ1v) is 7.46. The molecular weight excluding hydrogens is 274 g/mol. The van der Waals surface area contributed by atoms with Crippen molar-refractivity contribution in [3.8, 4) is 0 Å². The summed E-state index contributed by atoms with van der Waals surface area (Å²) < 4.78 is 0. The van der Waals surface area contributed by atoms with Crippen LogP contribution in [0, 0.1) is 13.8 Å². The Morgan fingerprint density at radius 2 is 2.05 bits per heavy atom. The van der Waals surface area contributed by atoms with Crippen LogP contribution in [-0.4, -0.2) is 23.0 Å². The van der Waals surface area contributed by atoms with E-state index in [4.69, 9.17) is 0 Å². The lowest BCUT2D eigenvalue weighted by atomic mass is 10.1. The summed E-state index contributed by atoms with van der Waals surface area (Å²) in [6, 6.07) is 11.8. The van der Waals surface area contributed by atoms with Crippen molar-refractivity contribution >= 4 is 6.03 Å². The van der Waals surface area contributed by atoms with Gasteiger partial charge in [-0.05, 0) is 44.0 Å². The van der Waals surface area contributed by atoms with Crippen LogP contribution in [0.25, 0.3) is 0 Å². The number of hydrogen-bond donors (Lipinski definition) is 1. The zero-order chi connectivity index (χ0) is 16.1. The van der Waals surface area contributed by atoms with Gasteiger partial charge in [0.25, 0.3) is 0 Å². The molecule has 1 heterocycles. The molecule has 116 valence electrons. The Kier molecular flexibility index (Phi) is 5.15. The zero-order valence-electron chi connectivity index (χ0n) is 13.6. The SMILES string of the molecule is Cc1ccc(CNC(=O)N(C)C(C)c2ccccn2)c(C)c1. The summed E-state index contributed by atoms with van der Waals surface area (Å²) in [5.74, 6) is 0. The van der Waals surface area contributed by atoms with E-state index in [2.05, 4.69) is 42.3 Å². The van der Waals surface area contributed by atoms with E-state index in [1.807, 2.05) is 25.1 Å². The van der Waals surface area contributed by atoms with Crippen LogP contribution in [0.4, 0.5) is 4.79 Å². The Labute approximate surface area is 132 Å². The number of nitrogens with one attached hydrogen (secondary N) is 1. The monoisotopic (exact) mass is 297 g/mol. The highest BCUT2D eigenvalue weighted by Gasteiger charge is 2.17. The van der Waals surface area contributed by atoms with Gasteiger partial charge in [-0.1, -0.05) is 29.8 Å². The van der Waals surface area contributed by atoms with Gasteiger partial charge >= 0.3 is 6.03 Å². The number of aryl methyl sites for hydroxylation is 2. The molecule has 0 aliphatic rings. The molecule has 0 saturated carbocycles. The van der Waals surface area contributed by atoms with Crippen LogP contribution in [0.2, 0.25) is 0 Å². The summed E-state index contributed by atoms with van der Waals surface area (Å²) in [6.45, 7) is 6.63. The highest BCUT2D eigenvalue weighted by molar-refractivity contribution is 5.74. The zero-order valence-corrected chi connectivity index (χ0v) is 13.6. The van der Waals surface area contributed by atoms with Gasteiger partial charge in [0.2, 0.25) is 0 Å². The molecule has 0 saturated heterocycles. The molecule has 1 atom stereocenters. The first kappa shape index (κ1) is 16.0. The molecule has 2 amide bonds. The third-order valence-corrected chi connectivity index (χ3v) is 3.95. The predicted molar refractivity (Wildman–Crippen MR) is 88.6 cm³/mol. The van der Waals surface area contributed by atoms with Gasteiger partial charge < -0.3 is 10.2 Å². The lowest BCUT2D eigenvalue weighted by Gasteiger charge is -2.25. The van der Waals surface area contributed by atoms with Crippen molar-refractivity contribution < 1.29 is 4.79 Å². The minimum Gasteiger partial charge on any atom is -0.334 e. The molecule has 1 aromatic heterocycles. The van der Waals surface area contributed by atoms with Gasteiger partial charge in [-0.15, -0.1) is 0 Å². The smallest absolute Gasteiger partial charge is 0.317 e. The molecule has 0 aliphatic heterocycles. The Morgan fingerprint density at radius 1 is 1.27 bits per heavy atom. The van der Waals surface area contributed by atoms with Crippen molar-refractivity contribution in [1.82, 2.24) is 15.2 Å². The van der Waals surface area contributed by atoms with E-state index in [1.54, 1.807) is 18.1 Å². The number of amides is 2. The second-order valence-corrected chi connectivity index (χ2v) is 5.63. The third-order valence-electron chi connectivity index (χ3n) is 3.95. The van der Waals surface area contributed by atoms with Gasteiger partial charge in [0.1, 0.15) is 0 Å². The largest absolute Gasteiger partial charge is 0.334 e. The normalized spacial score (nSPS) is 11.8. The molecular formula is C18H23N3O. The van der Waals surface area contributed by atoms with Crippen LogP contribution >= 0.6 is 0 Å². The fraction of sp³-hybridized carbons (Fsp3) is 0.333. The van der Waals surface area contributed by atoms with Crippen molar-refractivity contribution in [2.45, 2.75) is 33.4 Å². The first-order chi connectivity index (χ1) is 10.5. The number of urea groups is 1. The summed E-state index contributed by atoms with van der Waals surface area (Å²) in [5.41, 5.74) is 4.44. The molecule has 2 aromatic rings. The van der Waals surface area contributed by atoms with Gasteiger partial charge in [0.05, 0.1) is 11.7 Å². The molecule has 4 nitrogen and oxygen atoms in total. The topological polar surface area (TPSA) is 45.2 Å². The molecule has 4 heteroatoms. The molecule has 0 radical (unpaired) electrons. The van der Waals surface area contributed by atoms with Crippen molar-refractivity contribution in [2.75, 3.05) is 7.05 Å². The average molecular weight is 297 g/mol. The number of pyridine rings is 1. The first-order valence-electron chi connectivity index (χ1n) is 7.46. The van der Waals surface area contributed by atoms with Gasteiger partial charge in [0, 0.05) is 19.8 Å². The maximum absolute atomic E-state index is 12.3. The van der Waals surface area contributed by atoms with Crippen molar-refractivity contribution in [3.63, 3.8) is 0 Å².